The predicted molar refractivity (Wildman–Crippen MR) is 545 cm³/mol. The number of nitrogens with one attached hydrogen (secondary N) is 3. The number of allylic oxidation sites excluding steroid dienone is 8. The van der Waals surface area contributed by atoms with Gasteiger partial charge in [-0.3, -0.25) is 4.79 Å². The molecule has 0 spiro atoms. The minimum atomic E-state index is -0.680. The molecule has 0 radical (unpaired) electrons. The van der Waals surface area contributed by atoms with Crippen LogP contribution in [0.2, 0.25) is 0 Å². The van der Waals surface area contributed by atoms with Crippen LogP contribution < -0.4 is 33.2 Å². The van der Waals surface area contributed by atoms with E-state index in [1.807, 2.05) is 210 Å². The van der Waals surface area contributed by atoms with Crippen molar-refractivity contribution < 1.29 is 120 Å². The lowest BCUT2D eigenvalue weighted by molar-refractivity contribution is -0.191. The Hall–Kier alpha value is -8.01. The fourth-order valence-electron chi connectivity index (χ4n) is 13.3. The summed E-state index contributed by atoms with van der Waals surface area (Å²) in [5.41, 5.74) is 15.3. The number of alkyl carbamates (subject to hydrolysis) is 3. The molecule has 8 aliphatic rings. The zero-order valence-corrected chi connectivity index (χ0v) is 89.7. The maximum absolute atomic E-state index is 11.7. The number of thioether (sulfide) groups is 2. The van der Waals surface area contributed by atoms with Gasteiger partial charge in [-0.25, -0.2) is 38.4 Å². The van der Waals surface area contributed by atoms with Crippen molar-refractivity contribution in [1.29, 1.82) is 0 Å². The second-order valence-electron chi connectivity index (χ2n) is 43.5. The van der Waals surface area contributed by atoms with Crippen LogP contribution in [0.4, 0.5) is 38.4 Å². The number of hydrogen-bond acceptors (Lipinski definition) is 30. The number of carbonyl (C=O) groups is 9. The van der Waals surface area contributed by atoms with Crippen LogP contribution in [0.5, 0.6) is 0 Å². The van der Waals surface area contributed by atoms with Gasteiger partial charge in [0.15, 0.2) is 0 Å². The van der Waals surface area contributed by atoms with Crippen molar-refractivity contribution in [3.8, 4) is 0 Å². The highest BCUT2D eigenvalue weighted by molar-refractivity contribution is 8.14. The number of carbonyl (C=O) groups excluding carboxylic acids is 11. The molecule has 0 aliphatic heterocycles. The van der Waals surface area contributed by atoms with Gasteiger partial charge < -0.3 is 101 Å². The molecule has 3 amide bonds. The standard InChI is InChI=1S/C13H24N2O2.2C13H23NO3.C13H23NO2S.C13H23NO2.C13H22O4.C13H20O4.C13H22O3S.CO2/c1-13(2,3)15-12(16)17-11-7-5-4-6-10(14)8-9-11;1-13(2,3)14-12(16)17-11-7-5-4-6-10(15)8-9-11;2*1-13(2,3)17-12(15)16-11-7-5-4-6-10(14)8-9-11;1-13(2,3)14-12(15)16-11-9-7-5-4-6-8-10-11;3*1-13(2,3)17-12(15)16-11-7-5-4-6-10(14)8-9-11;2-1-3/h5,7,10-11H,4,6,8-9,14H2,1-3H3,(H,15,16);5,7,10-11,15H,4,6,8-9H2,1-3H3,(H,14,16);2*5,7,10-11H,4,6,8-9,14H2,1-3H3;7,9,11H,4-6,8,10H2,1-3H3,(H,14,15);5,7,10-11,14H,4,6,8-9H2,1-3H3;5,7,11H,4,6,8-9H2,1-3H3;5,7,10-11,14H,4,6,8-9H2,1-3H3;/b4*7-5+;9-7+;3*7-5+;. The fourth-order valence-corrected chi connectivity index (χ4v) is 14.6. The summed E-state index contributed by atoms with van der Waals surface area (Å²) in [5, 5.41) is 36.6. The van der Waals surface area contributed by atoms with Crippen molar-refractivity contribution in [2.75, 3.05) is 0 Å². The molecule has 0 saturated carbocycles. The summed E-state index contributed by atoms with van der Waals surface area (Å²) in [6, 6.07) is 0.651. The Morgan fingerprint density at radius 1 is 0.297 bits per heavy atom. The van der Waals surface area contributed by atoms with Crippen LogP contribution in [0, 0.1) is 0 Å². The van der Waals surface area contributed by atoms with Gasteiger partial charge in [0, 0.05) is 57.1 Å². The largest absolute Gasteiger partial charge is 0.509 e. The van der Waals surface area contributed by atoms with Crippen molar-refractivity contribution in [2.24, 2.45) is 17.2 Å². The summed E-state index contributed by atoms with van der Waals surface area (Å²) in [6.07, 6.45) is 54.1. The first-order valence-electron chi connectivity index (χ1n) is 49.6. The van der Waals surface area contributed by atoms with Gasteiger partial charge in [-0.1, -0.05) is 96.6 Å². The Labute approximate surface area is 835 Å². The zero-order valence-electron chi connectivity index (χ0n) is 88.0. The molecular weight excluding hydrogens is 1810 g/mol. The van der Waals surface area contributed by atoms with E-state index in [2.05, 4.69) is 28.1 Å². The lowest BCUT2D eigenvalue weighted by Crippen LogP contribution is -2.42. The molecule has 0 heterocycles. The van der Waals surface area contributed by atoms with Gasteiger partial charge in [-0.2, -0.15) is 9.59 Å². The minimum absolute atomic E-state index is 0.0531. The van der Waals surface area contributed by atoms with Crippen LogP contribution in [0.25, 0.3) is 0 Å². The van der Waals surface area contributed by atoms with E-state index in [9.17, 15) is 58.5 Å². The monoisotopic (exact) mass is 1990 g/mol. The summed E-state index contributed by atoms with van der Waals surface area (Å²) in [7, 11) is 0. The van der Waals surface area contributed by atoms with Crippen LogP contribution in [-0.2, 0) is 66.5 Å². The van der Waals surface area contributed by atoms with E-state index >= 15 is 0 Å². The van der Waals surface area contributed by atoms with Gasteiger partial charge in [0.25, 0.3) is 0 Å². The van der Waals surface area contributed by atoms with Crippen LogP contribution in [0.1, 0.15) is 378 Å². The van der Waals surface area contributed by atoms with E-state index in [0.717, 1.165) is 135 Å². The number of ketones is 1. The summed E-state index contributed by atoms with van der Waals surface area (Å²) in [4.78, 5) is 120. The van der Waals surface area contributed by atoms with Gasteiger partial charge in [-0.05, 0) is 389 Å². The minimum Gasteiger partial charge on any atom is -0.450 e. The van der Waals surface area contributed by atoms with Crippen molar-refractivity contribution in [1.82, 2.24) is 16.0 Å². The maximum atomic E-state index is 11.7. The normalized spacial score (nSPS) is 26.3. The van der Waals surface area contributed by atoms with E-state index in [1.165, 1.54) is 36.4 Å². The molecule has 0 aromatic heterocycles. The summed E-state index contributed by atoms with van der Waals surface area (Å²) in [5.74, 6) is 0.215. The molecule has 8 aliphatic carbocycles. The van der Waals surface area contributed by atoms with E-state index in [0.29, 0.717) is 64.2 Å². The van der Waals surface area contributed by atoms with Crippen LogP contribution >= 0.6 is 23.5 Å². The topological polar surface area (TPSA) is 464 Å². The number of ether oxygens (including phenoxy) is 11. The molecule has 31 nitrogen and oxygen atoms in total. The van der Waals surface area contributed by atoms with Crippen molar-refractivity contribution in [3.05, 3.63) is 97.2 Å². The smallest absolute Gasteiger partial charge is 0.450 e. The molecule has 12 N–H and O–H groups in total. The molecule has 14 atom stereocenters. The van der Waals surface area contributed by atoms with Crippen LogP contribution in [0.15, 0.2) is 97.2 Å². The molecule has 0 aromatic carbocycles. The molecule has 14 unspecified atom stereocenters. The van der Waals surface area contributed by atoms with Gasteiger partial charge in [-0.15, -0.1) is 0 Å². The highest BCUT2D eigenvalue weighted by Crippen LogP contribution is 2.31. The fraction of sp³-hybridized carbons (Fsp3) is 0.752. The molecule has 33 heteroatoms. The second kappa shape index (κ2) is 69.0. The van der Waals surface area contributed by atoms with Crippen molar-refractivity contribution in [3.63, 3.8) is 0 Å². The van der Waals surface area contributed by atoms with Crippen LogP contribution in [0.3, 0.4) is 0 Å². The highest BCUT2D eigenvalue weighted by Gasteiger charge is 2.30. The first kappa shape index (κ1) is 130. The van der Waals surface area contributed by atoms with Gasteiger partial charge in [0.05, 0.1) is 18.3 Å². The molecular formula is C105H180N6O25S2. The lowest BCUT2D eigenvalue weighted by atomic mass is 10.0. The first-order valence-corrected chi connectivity index (χ1v) is 51.2. The molecule has 8 rings (SSSR count). The van der Waals surface area contributed by atoms with Gasteiger partial charge in [0.2, 0.25) is 0 Å². The lowest BCUT2D eigenvalue weighted by Gasteiger charge is -2.24. The summed E-state index contributed by atoms with van der Waals surface area (Å²) < 4.78 is 57.5. The third-order valence-corrected chi connectivity index (χ3v) is 21.5. The molecule has 0 aromatic rings. The Bertz CT molecular complexity index is 3320. The maximum Gasteiger partial charge on any atom is 0.509 e. The van der Waals surface area contributed by atoms with Gasteiger partial charge >= 0.3 is 53.5 Å². The SMILES string of the molecule is CC(C)(C)NC(=O)OC1/C=C/CCC(N)CC1.CC(C)(C)NC(=O)OC1/C=C/CCC(O)CC1.CC(C)(C)NC(=O)OC1/C=C/CCCCC1.CC(C)(C)OC(=O)OC1/C=C/CCC(=O)CC1.CC(C)(C)OC(=O)OC1/C=C/CCC(N)CC1.CC(C)(C)OC(=O)OC1/C=C/CCC(O)CC1.CC(C)(C)SC(=O)OC1/C=C/CCC(N)CC1.CC(C)(C)SC(=O)OC1/C=C/CCC(O)CC1.O=C=O. The second-order valence-corrected chi connectivity index (χ2v) is 47.0. The number of rotatable bonds is 8. The number of amides is 3. The number of hydrogen-bond donors (Lipinski definition) is 9. The number of aliphatic hydroxyl groups excluding tert-OH is 3. The third-order valence-electron chi connectivity index (χ3n) is 19.8. The molecule has 0 saturated heterocycles. The first-order chi connectivity index (χ1) is 63.9. The molecule has 792 valence electrons. The summed E-state index contributed by atoms with van der Waals surface area (Å²) >= 11 is 2.44. The Morgan fingerprint density at radius 2 is 0.536 bits per heavy atom. The third kappa shape index (κ3) is 82.7. The average molecular weight is 1990 g/mol. The average Bonchev–Trinajstić information content (AvgIpc) is 0.942. The molecule has 138 heavy (non-hydrogen) atoms. The van der Waals surface area contributed by atoms with Crippen LogP contribution in [-0.4, -0.2) is 203 Å². The quantitative estimate of drug-likeness (QED) is 0.0619. The number of aliphatic hydroxyl groups is 3. The highest BCUT2D eigenvalue weighted by atomic mass is 32.2. The van der Waals surface area contributed by atoms with Gasteiger partial charge in [0.1, 0.15) is 71.4 Å². The molecule has 0 fully saturated rings. The van der Waals surface area contributed by atoms with E-state index in [4.69, 9.17) is 78.9 Å². The Kier molecular flexibility index (Phi) is 65.0. The van der Waals surface area contributed by atoms with Crippen molar-refractivity contribution >= 4 is 82.8 Å². The number of Topliss-reactive ketones (excluding diaryl/α,β-unsaturated/α-hetero) is 1. The Balaban J connectivity index is 0.00000155. The zero-order chi connectivity index (χ0) is 105. The molecule has 0 bridgehead atoms. The van der Waals surface area contributed by atoms with E-state index in [1.54, 1.807) is 41.5 Å². The van der Waals surface area contributed by atoms with Crippen molar-refractivity contribution in [2.45, 2.75) is 506 Å². The number of nitrogens with two attached hydrogens (primary N) is 3. The summed E-state index contributed by atoms with van der Waals surface area (Å²) in [6.45, 7) is 45.5. The van der Waals surface area contributed by atoms with E-state index < -0.39 is 41.4 Å². The Morgan fingerprint density at radius 3 is 0.812 bits per heavy atom. The van der Waals surface area contributed by atoms with E-state index in [-0.39, 0.29) is 146 Å². The predicted octanol–water partition coefficient (Wildman–Crippen LogP) is 23.1.